The number of carboxylic acid groups (broad SMARTS) is 1. The zero-order valence-electron chi connectivity index (χ0n) is 6.88. The Labute approximate surface area is 70.2 Å². The van der Waals surface area contributed by atoms with E-state index in [1.807, 2.05) is 0 Å². The summed E-state index contributed by atoms with van der Waals surface area (Å²) in [5.41, 5.74) is 0. The molecule has 0 fully saturated rings. The van der Waals surface area contributed by atoms with Gasteiger partial charge in [0.05, 0.1) is 0 Å². The molecule has 1 unspecified atom stereocenters. The van der Waals surface area contributed by atoms with Gasteiger partial charge in [-0.25, -0.2) is 0 Å². The van der Waals surface area contributed by atoms with E-state index < -0.39 is 10.7 Å². The molecule has 0 aliphatic carbocycles. The number of hydrogen-bond acceptors (Lipinski definition) is 3. The SMILES string of the molecule is CCC(SC)(C(C)=O)C(=O)O. The van der Waals surface area contributed by atoms with Gasteiger partial charge in [0.15, 0.2) is 10.5 Å². The lowest BCUT2D eigenvalue weighted by Crippen LogP contribution is -2.41. The molecule has 1 atom stereocenters. The molecule has 0 saturated carbocycles. The Bertz CT molecular complexity index is 157. The first kappa shape index (κ1) is 10.5. The quantitative estimate of drug-likeness (QED) is 0.653. The second-order valence-corrected chi connectivity index (χ2v) is 3.35. The minimum atomic E-state index is -1.22. The number of hydrogen-bond donors (Lipinski definition) is 1. The lowest BCUT2D eigenvalue weighted by Gasteiger charge is -2.21. The van der Waals surface area contributed by atoms with Crippen LogP contribution in [-0.2, 0) is 9.59 Å². The van der Waals surface area contributed by atoms with Gasteiger partial charge in [-0.2, -0.15) is 0 Å². The van der Waals surface area contributed by atoms with E-state index in [-0.39, 0.29) is 5.78 Å². The Morgan fingerprint density at radius 3 is 2.00 bits per heavy atom. The molecule has 0 rings (SSSR count). The number of ketones is 1. The van der Waals surface area contributed by atoms with Crippen molar-refractivity contribution >= 4 is 23.5 Å². The maximum Gasteiger partial charge on any atom is 0.327 e. The van der Waals surface area contributed by atoms with Crippen LogP contribution in [0.3, 0.4) is 0 Å². The molecule has 0 radical (unpaired) electrons. The van der Waals surface area contributed by atoms with E-state index in [2.05, 4.69) is 0 Å². The predicted molar refractivity (Wildman–Crippen MR) is 44.9 cm³/mol. The smallest absolute Gasteiger partial charge is 0.327 e. The third kappa shape index (κ3) is 1.74. The summed E-state index contributed by atoms with van der Waals surface area (Å²) in [5, 5.41) is 8.75. The first-order valence-electron chi connectivity index (χ1n) is 3.30. The average molecular weight is 176 g/mol. The Hall–Kier alpha value is -0.510. The van der Waals surface area contributed by atoms with Gasteiger partial charge in [-0.05, 0) is 19.6 Å². The molecule has 0 aromatic carbocycles. The van der Waals surface area contributed by atoms with Gasteiger partial charge in [-0.15, -0.1) is 11.8 Å². The molecule has 0 aromatic heterocycles. The van der Waals surface area contributed by atoms with Crippen molar-refractivity contribution in [1.82, 2.24) is 0 Å². The summed E-state index contributed by atoms with van der Waals surface area (Å²) in [4.78, 5) is 21.7. The van der Waals surface area contributed by atoms with Crippen molar-refractivity contribution in [1.29, 1.82) is 0 Å². The van der Waals surface area contributed by atoms with Crippen LogP contribution in [0.25, 0.3) is 0 Å². The number of rotatable bonds is 4. The van der Waals surface area contributed by atoms with Crippen molar-refractivity contribution in [3.8, 4) is 0 Å². The molecule has 0 spiro atoms. The van der Waals surface area contributed by atoms with E-state index >= 15 is 0 Å². The average Bonchev–Trinajstić information content (AvgIpc) is 1.90. The van der Waals surface area contributed by atoms with Crippen LogP contribution < -0.4 is 0 Å². The zero-order chi connectivity index (χ0) is 9.07. The highest BCUT2D eigenvalue weighted by molar-refractivity contribution is 8.01. The normalized spacial score (nSPS) is 15.5. The first-order chi connectivity index (χ1) is 5.01. The maximum atomic E-state index is 11.0. The molecule has 64 valence electrons. The van der Waals surface area contributed by atoms with Crippen molar-refractivity contribution in [2.75, 3.05) is 6.26 Å². The van der Waals surface area contributed by atoms with Crippen LogP contribution >= 0.6 is 11.8 Å². The van der Waals surface area contributed by atoms with Crippen molar-refractivity contribution in [2.24, 2.45) is 0 Å². The third-order valence-corrected chi connectivity index (χ3v) is 3.21. The fourth-order valence-electron chi connectivity index (χ4n) is 0.926. The van der Waals surface area contributed by atoms with Crippen molar-refractivity contribution in [3.05, 3.63) is 0 Å². The highest BCUT2D eigenvalue weighted by Gasteiger charge is 2.40. The van der Waals surface area contributed by atoms with E-state index in [1.54, 1.807) is 13.2 Å². The molecule has 0 aliphatic heterocycles. The maximum absolute atomic E-state index is 11.0. The minimum absolute atomic E-state index is 0.292. The molecule has 0 amide bonds. The second kappa shape index (κ2) is 3.76. The summed E-state index contributed by atoms with van der Waals surface area (Å²) in [6, 6.07) is 0. The largest absolute Gasteiger partial charge is 0.480 e. The molecule has 0 bridgehead atoms. The molecule has 1 N–H and O–H groups in total. The Balaban J connectivity index is 4.76. The standard InChI is InChI=1S/C7H12O3S/c1-4-7(11-3,5(2)8)6(9)10/h4H2,1-3H3,(H,9,10). The van der Waals surface area contributed by atoms with E-state index in [4.69, 9.17) is 5.11 Å². The first-order valence-corrected chi connectivity index (χ1v) is 4.53. The molecule has 11 heavy (non-hydrogen) atoms. The monoisotopic (exact) mass is 176 g/mol. The molecule has 0 heterocycles. The molecular formula is C7H12O3S. The van der Waals surface area contributed by atoms with Crippen LogP contribution in [0, 0.1) is 0 Å². The Morgan fingerprint density at radius 2 is 2.00 bits per heavy atom. The number of carbonyl (C=O) groups excluding carboxylic acids is 1. The van der Waals surface area contributed by atoms with E-state index in [9.17, 15) is 9.59 Å². The van der Waals surface area contributed by atoms with Crippen molar-refractivity contribution < 1.29 is 14.7 Å². The topological polar surface area (TPSA) is 54.4 Å². The number of carbonyl (C=O) groups is 2. The highest BCUT2D eigenvalue weighted by Crippen LogP contribution is 2.27. The molecule has 0 aromatic rings. The summed E-state index contributed by atoms with van der Waals surface area (Å²) in [7, 11) is 0. The van der Waals surface area contributed by atoms with Crippen LogP contribution in [0.5, 0.6) is 0 Å². The summed E-state index contributed by atoms with van der Waals surface area (Å²) < 4.78 is -1.22. The molecule has 4 heteroatoms. The summed E-state index contributed by atoms with van der Waals surface area (Å²) in [6.45, 7) is 3.01. The van der Waals surface area contributed by atoms with Crippen molar-refractivity contribution in [2.45, 2.75) is 25.0 Å². The van der Waals surface area contributed by atoms with Gasteiger partial charge in [0, 0.05) is 0 Å². The number of Topliss-reactive ketones (excluding diaryl/α,β-unsaturated/α-hetero) is 1. The minimum Gasteiger partial charge on any atom is -0.480 e. The van der Waals surface area contributed by atoms with E-state index in [0.29, 0.717) is 6.42 Å². The highest BCUT2D eigenvalue weighted by atomic mass is 32.2. The molecule has 3 nitrogen and oxygen atoms in total. The van der Waals surface area contributed by atoms with Gasteiger partial charge in [0.2, 0.25) is 0 Å². The van der Waals surface area contributed by atoms with Crippen LogP contribution in [0.1, 0.15) is 20.3 Å². The fourth-order valence-corrected chi connectivity index (χ4v) is 1.68. The number of aliphatic carboxylic acids is 1. The summed E-state index contributed by atoms with van der Waals surface area (Å²) in [6.07, 6.45) is 1.97. The summed E-state index contributed by atoms with van der Waals surface area (Å²) >= 11 is 1.08. The molecular weight excluding hydrogens is 164 g/mol. The number of thioether (sulfide) groups is 1. The van der Waals surface area contributed by atoms with Gasteiger partial charge >= 0.3 is 5.97 Å². The van der Waals surface area contributed by atoms with Crippen LogP contribution in [0.4, 0.5) is 0 Å². The van der Waals surface area contributed by atoms with Crippen LogP contribution in [0.2, 0.25) is 0 Å². The number of carboxylic acids is 1. The van der Waals surface area contributed by atoms with Crippen LogP contribution in [0.15, 0.2) is 0 Å². The van der Waals surface area contributed by atoms with Gasteiger partial charge in [-0.1, -0.05) is 6.92 Å². The lowest BCUT2D eigenvalue weighted by molar-refractivity contribution is -0.143. The van der Waals surface area contributed by atoms with Crippen molar-refractivity contribution in [3.63, 3.8) is 0 Å². The van der Waals surface area contributed by atoms with Crippen LogP contribution in [-0.4, -0.2) is 27.9 Å². The zero-order valence-corrected chi connectivity index (χ0v) is 7.70. The van der Waals surface area contributed by atoms with Gasteiger partial charge in [0.1, 0.15) is 0 Å². The van der Waals surface area contributed by atoms with E-state index in [1.165, 1.54) is 6.92 Å². The van der Waals surface area contributed by atoms with Gasteiger partial charge in [-0.3, -0.25) is 9.59 Å². The predicted octanol–water partition coefficient (Wildman–Crippen LogP) is 1.17. The fraction of sp³-hybridized carbons (Fsp3) is 0.714. The molecule has 0 aliphatic rings. The molecule has 0 saturated heterocycles. The van der Waals surface area contributed by atoms with Gasteiger partial charge < -0.3 is 5.11 Å². The third-order valence-electron chi connectivity index (χ3n) is 1.76. The Kier molecular flexibility index (Phi) is 3.58. The Morgan fingerprint density at radius 1 is 1.55 bits per heavy atom. The second-order valence-electron chi connectivity index (χ2n) is 2.25. The van der Waals surface area contributed by atoms with Gasteiger partial charge in [0.25, 0.3) is 0 Å². The lowest BCUT2D eigenvalue weighted by atomic mass is 10.0. The van der Waals surface area contributed by atoms with E-state index in [0.717, 1.165) is 11.8 Å². The summed E-state index contributed by atoms with van der Waals surface area (Å²) in [5.74, 6) is -1.33.